The molecule has 0 bridgehead atoms. The van der Waals surface area contributed by atoms with Crippen LogP contribution in [-0.2, 0) is 0 Å². The number of amides is 2. The predicted molar refractivity (Wildman–Crippen MR) is 78.5 cm³/mol. The minimum absolute atomic E-state index is 0.0586. The van der Waals surface area contributed by atoms with E-state index >= 15 is 0 Å². The lowest BCUT2D eigenvalue weighted by Gasteiger charge is -2.14. The van der Waals surface area contributed by atoms with Crippen LogP contribution in [0.1, 0.15) is 10.4 Å². The second-order valence-corrected chi connectivity index (χ2v) is 4.42. The number of carboxylic acid groups (broad SMARTS) is 1. The van der Waals surface area contributed by atoms with Crippen LogP contribution in [0.3, 0.4) is 0 Å². The molecule has 0 heterocycles. The highest BCUT2D eigenvalue weighted by Gasteiger charge is 2.17. The van der Waals surface area contributed by atoms with Crippen molar-refractivity contribution in [1.29, 1.82) is 0 Å². The van der Waals surface area contributed by atoms with Gasteiger partial charge in [0.2, 0.25) is 0 Å². The van der Waals surface area contributed by atoms with Gasteiger partial charge in [0.05, 0.1) is 32.0 Å². The Morgan fingerprint density at radius 2 is 1.86 bits per heavy atom. The molecule has 0 saturated heterocycles. The van der Waals surface area contributed by atoms with Crippen LogP contribution < -0.4 is 20.1 Å². The molecule has 8 heteroatoms. The molecule has 7 nitrogen and oxygen atoms in total. The lowest BCUT2D eigenvalue weighted by molar-refractivity contribution is 0.0697. The van der Waals surface area contributed by atoms with Gasteiger partial charge >= 0.3 is 12.0 Å². The smallest absolute Gasteiger partial charge is 0.337 e. The molecule has 114 valence electrons. The highest BCUT2D eigenvalue weighted by molar-refractivity contribution is 6.29. The van der Waals surface area contributed by atoms with Crippen LogP contribution in [0.5, 0.6) is 11.5 Å². The molecule has 0 fully saturated rings. The van der Waals surface area contributed by atoms with Crippen molar-refractivity contribution < 1.29 is 24.2 Å². The Hall–Kier alpha value is -2.41. The first-order valence-electron chi connectivity index (χ1n) is 5.76. The maximum atomic E-state index is 11.7. The highest BCUT2D eigenvalue weighted by atomic mass is 35.5. The van der Waals surface area contributed by atoms with Crippen molar-refractivity contribution in [3.8, 4) is 11.5 Å². The third kappa shape index (κ3) is 4.57. The van der Waals surface area contributed by atoms with Gasteiger partial charge in [-0.15, -0.1) is 0 Å². The zero-order chi connectivity index (χ0) is 16.0. The Bertz CT molecular complexity index is 574. The Morgan fingerprint density at radius 1 is 1.29 bits per heavy atom. The van der Waals surface area contributed by atoms with Crippen LogP contribution in [0.25, 0.3) is 0 Å². The van der Waals surface area contributed by atoms with Crippen molar-refractivity contribution in [2.75, 3.05) is 26.1 Å². The van der Waals surface area contributed by atoms with Crippen LogP contribution in [0.2, 0.25) is 0 Å². The third-order valence-corrected chi connectivity index (χ3v) is 2.58. The topological polar surface area (TPSA) is 96.9 Å². The third-order valence-electron chi connectivity index (χ3n) is 2.44. The van der Waals surface area contributed by atoms with E-state index in [1.807, 2.05) is 0 Å². The summed E-state index contributed by atoms with van der Waals surface area (Å²) in [6.07, 6.45) is 0. The number of benzene rings is 1. The van der Waals surface area contributed by atoms with E-state index in [9.17, 15) is 14.7 Å². The SMILES string of the molecule is C=C(Cl)CNC(=O)Nc1cc(OC)c(OC)cc1C(=O)O. The van der Waals surface area contributed by atoms with E-state index in [1.54, 1.807) is 0 Å². The van der Waals surface area contributed by atoms with Gasteiger partial charge in [0, 0.05) is 17.2 Å². The Kier molecular flexibility index (Phi) is 5.86. The average molecular weight is 315 g/mol. The molecule has 3 N–H and O–H groups in total. The van der Waals surface area contributed by atoms with Crippen molar-refractivity contribution in [1.82, 2.24) is 5.32 Å². The van der Waals surface area contributed by atoms with Gasteiger partial charge in [-0.3, -0.25) is 0 Å². The van der Waals surface area contributed by atoms with Crippen molar-refractivity contribution in [2.24, 2.45) is 0 Å². The fourth-order valence-corrected chi connectivity index (χ4v) is 1.57. The lowest BCUT2D eigenvalue weighted by atomic mass is 10.1. The molecule has 0 unspecified atom stereocenters. The number of carbonyl (C=O) groups is 2. The van der Waals surface area contributed by atoms with E-state index in [1.165, 1.54) is 26.4 Å². The number of urea groups is 1. The van der Waals surface area contributed by atoms with Gasteiger partial charge in [-0.25, -0.2) is 9.59 Å². The number of hydrogen-bond donors (Lipinski definition) is 3. The van der Waals surface area contributed by atoms with Crippen molar-refractivity contribution in [3.63, 3.8) is 0 Å². The van der Waals surface area contributed by atoms with Crippen LogP contribution in [0.15, 0.2) is 23.7 Å². The van der Waals surface area contributed by atoms with Gasteiger partial charge in [-0.1, -0.05) is 18.2 Å². The van der Waals surface area contributed by atoms with Gasteiger partial charge < -0.3 is 25.2 Å². The fourth-order valence-electron chi connectivity index (χ4n) is 1.50. The number of nitrogens with one attached hydrogen (secondary N) is 2. The average Bonchev–Trinajstić information content (AvgIpc) is 2.44. The summed E-state index contributed by atoms with van der Waals surface area (Å²) in [5, 5.41) is 14.2. The largest absolute Gasteiger partial charge is 0.493 e. The number of carbonyl (C=O) groups excluding carboxylic acids is 1. The maximum Gasteiger partial charge on any atom is 0.337 e. The van der Waals surface area contributed by atoms with Crippen LogP contribution in [-0.4, -0.2) is 37.9 Å². The normalized spacial score (nSPS) is 9.67. The molecule has 0 aliphatic heterocycles. The zero-order valence-corrected chi connectivity index (χ0v) is 12.3. The second-order valence-electron chi connectivity index (χ2n) is 3.88. The number of hydrogen-bond acceptors (Lipinski definition) is 4. The lowest BCUT2D eigenvalue weighted by Crippen LogP contribution is -2.30. The number of ether oxygens (including phenoxy) is 2. The van der Waals surface area contributed by atoms with E-state index in [0.717, 1.165) is 0 Å². The number of carboxylic acids is 1. The molecule has 0 aromatic heterocycles. The summed E-state index contributed by atoms with van der Waals surface area (Å²) in [5.41, 5.74) is -0.0645. The fraction of sp³-hybridized carbons (Fsp3) is 0.231. The second kappa shape index (κ2) is 7.39. The minimum atomic E-state index is -1.21. The summed E-state index contributed by atoms with van der Waals surface area (Å²) >= 11 is 5.53. The first-order chi connectivity index (χ1) is 9.88. The zero-order valence-electron chi connectivity index (χ0n) is 11.5. The van der Waals surface area contributed by atoms with E-state index in [0.29, 0.717) is 5.75 Å². The van der Waals surface area contributed by atoms with Crippen LogP contribution in [0.4, 0.5) is 10.5 Å². The molecule has 1 rings (SSSR count). The molecule has 21 heavy (non-hydrogen) atoms. The van der Waals surface area contributed by atoms with E-state index in [2.05, 4.69) is 17.2 Å². The van der Waals surface area contributed by atoms with E-state index < -0.39 is 12.0 Å². The number of halogens is 1. The number of aromatic carboxylic acids is 1. The molecule has 1 aromatic carbocycles. The summed E-state index contributed by atoms with van der Waals surface area (Å²) in [6, 6.07) is 2.00. The van der Waals surface area contributed by atoms with Crippen LogP contribution >= 0.6 is 11.6 Å². The van der Waals surface area contributed by atoms with Gasteiger partial charge in [0.15, 0.2) is 11.5 Å². The first kappa shape index (κ1) is 16.6. The maximum absolute atomic E-state index is 11.7. The summed E-state index contributed by atoms with van der Waals surface area (Å²) in [7, 11) is 2.79. The molecular weight excluding hydrogens is 300 g/mol. The molecule has 1 aromatic rings. The molecular formula is C13H15ClN2O5. The van der Waals surface area contributed by atoms with Gasteiger partial charge in [0.1, 0.15) is 0 Å². The van der Waals surface area contributed by atoms with Crippen LogP contribution in [0, 0.1) is 0 Å². The molecule has 0 aliphatic carbocycles. The van der Waals surface area contributed by atoms with Crippen molar-refractivity contribution in [2.45, 2.75) is 0 Å². The Morgan fingerprint density at radius 3 is 2.33 bits per heavy atom. The highest BCUT2D eigenvalue weighted by Crippen LogP contribution is 2.33. The van der Waals surface area contributed by atoms with E-state index in [4.69, 9.17) is 21.1 Å². The first-order valence-corrected chi connectivity index (χ1v) is 6.14. The monoisotopic (exact) mass is 314 g/mol. The Labute approximate surface area is 126 Å². The molecule has 0 radical (unpaired) electrons. The number of rotatable bonds is 6. The summed E-state index contributed by atoms with van der Waals surface area (Å²) < 4.78 is 10.1. The summed E-state index contributed by atoms with van der Waals surface area (Å²) in [5.74, 6) is -0.678. The molecule has 0 saturated carbocycles. The van der Waals surface area contributed by atoms with Gasteiger partial charge in [-0.2, -0.15) is 0 Å². The standard InChI is InChI=1S/C13H15ClN2O5/c1-7(14)6-15-13(19)16-9-5-11(21-3)10(20-2)4-8(9)12(17)18/h4-5H,1,6H2,2-3H3,(H,17,18)(H2,15,16,19). The predicted octanol–water partition coefficient (Wildman–Crippen LogP) is 2.28. The number of methoxy groups -OCH3 is 2. The van der Waals surface area contributed by atoms with Gasteiger partial charge in [-0.05, 0) is 0 Å². The quantitative estimate of drug-likeness (QED) is 0.748. The van der Waals surface area contributed by atoms with E-state index in [-0.39, 0.29) is 28.6 Å². The summed E-state index contributed by atoms with van der Waals surface area (Å²) in [6.45, 7) is 3.48. The molecule has 0 aliphatic rings. The molecule has 0 atom stereocenters. The number of anilines is 1. The van der Waals surface area contributed by atoms with Crippen molar-refractivity contribution in [3.05, 3.63) is 29.3 Å². The summed E-state index contributed by atoms with van der Waals surface area (Å²) in [4.78, 5) is 22.9. The molecule has 0 spiro atoms. The minimum Gasteiger partial charge on any atom is -0.493 e. The molecule has 2 amide bonds. The van der Waals surface area contributed by atoms with Crippen molar-refractivity contribution >= 4 is 29.3 Å². The van der Waals surface area contributed by atoms with Gasteiger partial charge in [0.25, 0.3) is 0 Å². The Balaban J connectivity index is 3.06.